The Labute approximate surface area is 180 Å². The number of hydrogen-bond acceptors (Lipinski definition) is 3. The Morgan fingerprint density at radius 1 is 1.19 bits per heavy atom. The number of primary sulfonamides is 1. The van der Waals surface area contributed by atoms with Crippen LogP contribution in [0.4, 0.5) is 0 Å². The van der Waals surface area contributed by atoms with Crippen molar-refractivity contribution in [3.05, 3.63) is 29.8 Å². The molecule has 27 heavy (non-hydrogen) atoms. The molecule has 1 aromatic carbocycles. The second-order valence-corrected chi connectivity index (χ2v) is 9.33. The molecular weight excluding hydrogens is 475 g/mol. The van der Waals surface area contributed by atoms with Gasteiger partial charge in [0.25, 0.3) is 0 Å². The molecule has 6 nitrogen and oxygen atoms in total. The van der Waals surface area contributed by atoms with E-state index in [1.807, 2.05) is 0 Å². The largest absolute Gasteiger partial charge is 0.356 e. The van der Waals surface area contributed by atoms with E-state index in [1.54, 1.807) is 19.2 Å². The van der Waals surface area contributed by atoms with Gasteiger partial charge in [-0.25, -0.2) is 13.6 Å². The molecule has 1 aromatic rings. The fourth-order valence-electron chi connectivity index (χ4n) is 3.92. The van der Waals surface area contributed by atoms with Gasteiger partial charge in [0, 0.05) is 20.1 Å². The average Bonchev–Trinajstić information content (AvgIpc) is 3.02. The normalized spacial score (nSPS) is 16.9. The molecule has 0 aliphatic heterocycles. The molecule has 0 aromatic heterocycles. The zero-order valence-corrected chi connectivity index (χ0v) is 19.6. The van der Waals surface area contributed by atoms with Gasteiger partial charge in [-0.15, -0.1) is 24.0 Å². The summed E-state index contributed by atoms with van der Waals surface area (Å²) in [5, 5.41) is 11.9. The minimum atomic E-state index is -3.65. The Hall–Kier alpha value is -0.870. The van der Waals surface area contributed by atoms with Gasteiger partial charge in [-0.05, 0) is 48.3 Å². The van der Waals surface area contributed by atoms with Gasteiger partial charge in [0.1, 0.15) is 0 Å². The van der Waals surface area contributed by atoms with Gasteiger partial charge in [-0.3, -0.25) is 4.99 Å². The second-order valence-electron chi connectivity index (χ2n) is 7.77. The summed E-state index contributed by atoms with van der Waals surface area (Å²) < 4.78 is 22.6. The molecule has 0 spiro atoms. The monoisotopic (exact) mass is 508 g/mol. The number of halogens is 1. The van der Waals surface area contributed by atoms with Crippen molar-refractivity contribution in [2.45, 2.75) is 57.4 Å². The quantitative estimate of drug-likeness (QED) is 0.299. The molecule has 0 unspecified atom stereocenters. The molecule has 0 amide bonds. The van der Waals surface area contributed by atoms with Gasteiger partial charge >= 0.3 is 0 Å². The SMILES string of the molecule is CN=C(NCc1ccc(S(N)(=O)=O)cc1)NCC1(CC(C)C)CCCC1.I. The number of guanidine groups is 1. The average molecular weight is 508 g/mol. The lowest BCUT2D eigenvalue weighted by Gasteiger charge is -2.32. The van der Waals surface area contributed by atoms with Crippen LogP contribution < -0.4 is 15.8 Å². The van der Waals surface area contributed by atoms with E-state index in [9.17, 15) is 8.42 Å². The Balaban J connectivity index is 0.00000364. The van der Waals surface area contributed by atoms with E-state index in [0.717, 1.165) is 18.1 Å². The van der Waals surface area contributed by atoms with E-state index >= 15 is 0 Å². The van der Waals surface area contributed by atoms with E-state index in [2.05, 4.69) is 29.5 Å². The van der Waals surface area contributed by atoms with E-state index in [1.165, 1.54) is 44.2 Å². The third kappa shape index (κ3) is 7.57. The van der Waals surface area contributed by atoms with Crippen molar-refractivity contribution < 1.29 is 8.42 Å². The molecule has 8 heteroatoms. The predicted octanol–water partition coefficient (Wildman–Crippen LogP) is 3.22. The third-order valence-electron chi connectivity index (χ3n) is 5.07. The zero-order valence-electron chi connectivity index (χ0n) is 16.5. The van der Waals surface area contributed by atoms with Gasteiger partial charge < -0.3 is 10.6 Å². The van der Waals surface area contributed by atoms with Crippen LogP contribution in [0, 0.1) is 11.3 Å². The zero-order chi connectivity index (χ0) is 19.2. The van der Waals surface area contributed by atoms with Crippen molar-refractivity contribution in [1.82, 2.24) is 10.6 Å². The number of nitrogens with two attached hydrogens (primary N) is 1. The van der Waals surface area contributed by atoms with Crippen LogP contribution in [0.1, 0.15) is 51.5 Å². The standard InChI is InChI=1S/C19H32N4O2S.HI/c1-15(2)12-19(10-4-5-11-19)14-23-18(21-3)22-13-16-6-8-17(9-7-16)26(20,24)25;/h6-9,15H,4-5,10-14H2,1-3H3,(H2,20,24,25)(H2,21,22,23);1H. The summed E-state index contributed by atoms with van der Waals surface area (Å²) >= 11 is 0. The van der Waals surface area contributed by atoms with Crippen LogP contribution in [0.25, 0.3) is 0 Å². The summed E-state index contributed by atoms with van der Waals surface area (Å²) in [5.41, 5.74) is 1.35. The van der Waals surface area contributed by atoms with Crippen LogP contribution in [0.3, 0.4) is 0 Å². The maximum atomic E-state index is 11.3. The van der Waals surface area contributed by atoms with Crippen molar-refractivity contribution in [2.75, 3.05) is 13.6 Å². The highest BCUT2D eigenvalue weighted by Gasteiger charge is 2.34. The fourth-order valence-corrected chi connectivity index (χ4v) is 4.43. The highest BCUT2D eigenvalue weighted by atomic mass is 127. The number of sulfonamides is 1. The van der Waals surface area contributed by atoms with Gasteiger partial charge in [0.05, 0.1) is 4.90 Å². The molecule has 0 radical (unpaired) electrons. The number of benzene rings is 1. The summed E-state index contributed by atoms with van der Waals surface area (Å²) in [7, 11) is -1.88. The molecule has 4 N–H and O–H groups in total. The van der Waals surface area contributed by atoms with E-state index in [-0.39, 0.29) is 28.9 Å². The molecule has 1 aliphatic carbocycles. The molecule has 0 bridgehead atoms. The highest BCUT2D eigenvalue weighted by Crippen LogP contribution is 2.42. The molecule has 0 saturated heterocycles. The summed E-state index contributed by atoms with van der Waals surface area (Å²) in [5.74, 6) is 1.47. The first-order valence-electron chi connectivity index (χ1n) is 9.30. The van der Waals surface area contributed by atoms with E-state index < -0.39 is 10.0 Å². The fraction of sp³-hybridized carbons (Fsp3) is 0.632. The topological polar surface area (TPSA) is 96.6 Å². The van der Waals surface area contributed by atoms with Crippen LogP contribution in [0.15, 0.2) is 34.2 Å². The van der Waals surface area contributed by atoms with Gasteiger partial charge in [0.2, 0.25) is 10.0 Å². The van der Waals surface area contributed by atoms with Gasteiger partial charge in [-0.1, -0.05) is 38.8 Å². The molecule has 154 valence electrons. The minimum absolute atomic E-state index is 0. The first-order valence-corrected chi connectivity index (χ1v) is 10.8. The van der Waals surface area contributed by atoms with Gasteiger partial charge in [-0.2, -0.15) is 0 Å². The lowest BCUT2D eigenvalue weighted by atomic mass is 9.78. The van der Waals surface area contributed by atoms with Gasteiger partial charge in [0.15, 0.2) is 5.96 Å². The van der Waals surface area contributed by atoms with Crippen LogP contribution in [0.2, 0.25) is 0 Å². The predicted molar refractivity (Wildman–Crippen MR) is 122 cm³/mol. The van der Waals surface area contributed by atoms with Crippen molar-refractivity contribution in [3.8, 4) is 0 Å². The molecule has 1 aliphatic rings. The maximum absolute atomic E-state index is 11.3. The molecule has 1 fully saturated rings. The minimum Gasteiger partial charge on any atom is -0.356 e. The first-order chi connectivity index (χ1) is 12.2. The van der Waals surface area contributed by atoms with Crippen molar-refractivity contribution >= 4 is 40.0 Å². The first kappa shape index (κ1) is 24.2. The van der Waals surface area contributed by atoms with Crippen LogP contribution >= 0.6 is 24.0 Å². The van der Waals surface area contributed by atoms with E-state index in [0.29, 0.717) is 17.9 Å². The third-order valence-corrected chi connectivity index (χ3v) is 6.00. The lowest BCUT2D eigenvalue weighted by Crippen LogP contribution is -2.43. The summed E-state index contributed by atoms with van der Waals surface area (Å²) in [6.45, 7) is 6.09. The molecular formula is C19H33IN4O2S. The summed E-state index contributed by atoms with van der Waals surface area (Å²) in [6.07, 6.45) is 6.44. The Morgan fingerprint density at radius 2 is 1.78 bits per heavy atom. The number of hydrogen-bond donors (Lipinski definition) is 3. The van der Waals surface area contributed by atoms with Crippen molar-refractivity contribution in [2.24, 2.45) is 21.5 Å². The van der Waals surface area contributed by atoms with Crippen LogP contribution in [-0.2, 0) is 16.6 Å². The molecule has 0 atom stereocenters. The van der Waals surface area contributed by atoms with E-state index in [4.69, 9.17) is 5.14 Å². The second kappa shape index (κ2) is 10.6. The summed E-state index contributed by atoms with van der Waals surface area (Å²) in [4.78, 5) is 4.44. The van der Waals surface area contributed by atoms with Crippen molar-refractivity contribution in [1.29, 1.82) is 0 Å². The number of rotatable bonds is 7. The lowest BCUT2D eigenvalue weighted by molar-refractivity contribution is 0.235. The maximum Gasteiger partial charge on any atom is 0.238 e. The number of nitrogens with one attached hydrogen (secondary N) is 2. The smallest absolute Gasteiger partial charge is 0.238 e. The molecule has 0 heterocycles. The Kier molecular flexibility index (Phi) is 9.50. The summed E-state index contributed by atoms with van der Waals surface area (Å²) in [6, 6.07) is 6.58. The van der Waals surface area contributed by atoms with Crippen LogP contribution in [0.5, 0.6) is 0 Å². The highest BCUT2D eigenvalue weighted by molar-refractivity contribution is 14.0. The number of aliphatic imine (C=N–C) groups is 1. The van der Waals surface area contributed by atoms with Crippen molar-refractivity contribution in [3.63, 3.8) is 0 Å². The number of nitrogens with zero attached hydrogens (tertiary/aromatic N) is 1. The molecule has 2 rings (SSSR count). The van der Waals surface area contributed by atoms with Crippen LogP contribution in [-0.4, -0.2) is 28.0 Å². The Morgan fingerprint density at radius 3 is 2.26 bits per heavy atom. The Bertz CT molecular complexity index is 712. The molecule has 1 saturated carbocycles.